The summed E-state index contributed by atoms with van der Waals surface area (Å²) in [5.41, 5.74) is 4.65. The molecule has 348 valence electrons. The van der Waals surface area contributed by atoms with Crippen molar-refractivity contribution in [2.75, 3.05) is 6.61 Å². The average molecular weight is 919 g/mol. The lowest BCUT2D eigenvalue weighted by molar-refractivity contribution is -0.142. The number of rotatable bonds is 13. The van der Waals surface area contributed by atoms with Crippen LogP contribution in [0.2, 0.25) is 0 Å². The molecule has 68 heavy (non-hydrogen) atoms. The highest BCUT2D eigenvalue weighted by Crippen LogP contribution is 2.21. The van der Waals surface area contributed by atoms with Gasteiger partial charge in [0.1, 0.15) is 41.8 Å². The lowest BCUT2D eigenvalue weighted by Crippen LogP contribution is -2.60. The number of aliphatic carboxylic acids is 1. The molecule has 0 aliphatic carbocycles. The Hall–Kier alpha value is -8.20. The maximum atomic E-state index is 15.4. The van der Waals surface area contributed by atoms with Crippen LogP contribution in [0.15, 0.2) is 158 Å². The summed E-state index contributed by atoms with van der Waals surface area (Å²) in [5, 5.41) is 23.8. The molecule has 8 rings (SSSR count). The summed E-state index contributed by atoms with van der Waals surface area (Å²) in [6.45, 7) is -0.477. The number of carboxylic acids is 1. The Kier molecular flexibility index (Phi) is 16.4. The van der Waals surface area contributed by atoms with Gasteiger partial charge in [0, 0.05) is 38.1 Å². The van der Waals surface area contributed by atoms with E-state index in [2.05, 4.69) is 31.6 Å². The van der Waals surface area contributed by atoms with Crippen LogP contribution in [-0.2, 0) is 60.9 Å². The first kappa shape index (κ1) is 47.8. The largest absolute Gasteiger partial charge is 0.484 e. The minimum atomic E-state index is -1.52. The molecule has 0 unspecified atom stereocenters. The third kappa shape index (κ3) is 13.7. The van der Waals surface area contributed by atoms with Crippen LogP contribution in [0.25, 0.3) is 11.1 Å². The molecular formula is C53H51FN6O8. The monoisotopic (exact) mass is 918 g/mol. The molecule has 0 saturated heterocycles. The molecule has 0 saturated carbocycles. The summed E-state index contributed by atoms with van der Waals surface area (Å²) >= 11 is 0. The predicted octanol–water partition coefficient (Wildman–Crippen LogP) is 4.69. The number of fused-ring (bicyclic) bond motifs is 16. The minimum Gasteiger partial charge on any atom is -0.484 e. The molecule has 5 atom stereocenters. The molecule has 5 aromatic carbocycles. The van der Waals surface area contributed by atoms with Gasteiger partial charge in [0.25, 0.3) is 5.91 Å². The zero-order chi connectivity index (χ0) is 47.8. The van der Waals surface area contributed by atoms with Gasteiger partial charge in [-0.15, -0.1) is 0 Å². The number of hydrogen-bond donors (Lipinski definition) is 6. The fraction of sp³-hybridized carbons (Fsp3) is 0.226. The van der Waals surface area contributed by atoms with Gasteiger partial charge in [0.15, 0.2) is 6.61 Å². The fourth-order valence-corrected chi connectivity index (χ4v) is 7.82. The van der Waals surface area contributed by atoms with Crippen molar-refractivity contribution in [2.45, 2.75) is 68.7 Å². The quantitative estimate of drug-likeness (QED) is 0.0889. The van der Waals surface area contributed by atoms with Crippen LogP contribution in [0.1, 0.15) is 34.2 Å². The van der Waals surface area contributed by atoms with E-state index < -0.39 is 78.1 Å². The van der Waals surface area contributed by atoms with Crippen molar-refractivity contribution in [3.05, 3.63) is 192 Å². The van der Waals surface area contributed by atoms with Crippen molar-refractivity contribution >= 4 is 35.5 Å². The Labute approximate surface area is 392 Å². The third-order valence-corrected chi connectivity index (χ3v) is 11.5. The summed E-state index contributed by atoms with van der Waals surface area (Å²) in [6, 6.07) is 34.9. The lowest BCUT2D eigenvalue weighted by Gasteiger charge is -2.27. The number of ether oxygens (including phenoxy) is 1. The van der Waals surface area contributed by atoms with Gasteiger partial charge in [-0.25, -0.2) is 9.18 Å². The first-order chi connectivity index (χ1) is 33.0. The van der Waals surface area contributed by atoms with Crippen molar-refractivity contribution < 1.29 is 43.0 Å². The topological polar surface area (TPSA) is 205 Å². The molecule has 6 N–H and O–H groups in total. The molecule has 3 heterocycles. The number of carboxylic acid groups (broad SMARTS) is 1. The van der Waals surface area contributed by atoms with Gasteiger partial charge in [0.05, 0.1) is 0 Å². The van der Waals surface area contributed by atoms with E-state index in [0.29, 0.717) is 23.1 Å². The number of halogens is 1. The van der Waals surface area contributed by atoms with Crippen LogP contribution < -0.4 is 31.3 Å². The van der Waals surface area contributed by atoms with Gasteiger partial charge < -0.3 is 36.4 Å². The van der Waals surface area contributed by atoms with Crippen molar-refractivity contribution in [1.29, 1.82) is 0 Å². The van der Waals surface area contributed by atoms with E-state index in [9.17, 15) is 33.9 Å². The summed E-state index contributed by atoms with van der Waals surface area (Å²) in [6.07, 6.45) is 2.92. The average Bonchev–Trinajstić information content (AvgIpc) is 3.35. The van der Waals surface area contributed by atoms with E-state index >= 15 is 4.39 Å². The van der Waals surface area contributed by atoms with Crippen LogP contribution >= 0.6 is 0 Å². The third-order valence-electron chi connectivity index (χ3n) is 11.5. The second-order valence-corrected chi connectivity index (χ2v) is 16.5. The molecule has 5 amide bonds. The Morgan fingerprint density at radius 1 is 0.632 bits per heavy atom. The van der Waals surface area contributed by atoms with Gasteiger partial charge >= 0.3 is 5.97 Å². The van der Waals surface area contributed by atoms with Crippen LogP contribution in [0.5, 0.6) is 5.75 Å². The fourth-order valence-electron chi connectivity index (χ4n) is 7.82. The molecule has 6 aromatic rings. The summed E-state index contributed by atoms with van der Waals surface area (Å²) < 4.78 is 21.1. The number of benzene rings is 5. The molecular weight excluding hydrogens is 868 g/mol. The zero-order valence-corrected chi connectivity index (χ0v) is 37.0. The number of aryl methyl sites for hydroxylation is 1. The SMILES string of the molecule is O=C1COc2ccc(cc2)C[C@@H](C(=O)N[C@H](CCc2ccccc2)C(=O)O)NC(=O)[C@H](Cc2ccccc2F)NC(=O)[C@@H](Cc2ccc(-c3ccccc3)cc2)NC(=O)[C@H](Cc2ccncc2)N1. The highest BCUT2D eigenvalue weighted by molar-refractivity contribution is 5.96. The second-order valence-electron chi connectivity index (χ2n) is 16.5. The van der Waals surface area contributed by atoms with Gasteiger partial charge in [-0.3, -0.25) is 29.0 Å². The van der Waals surface area contributed by atoms with E-state index in [1.807, 2.05) is 84.9 Å². The van der Waals surface area contributed by atoms with Crippen LogP contribution in [-0.4, -0.2) is 82.4 Å². The Bertz CT molecular complexity index is 2670. The van der Waals surface area contributed by atoms with Gasteiger partial charge in [-0.05, 0) is 82.1 Å². The standard InChI is InChI=1S/C53H51FN6O8/c54-42-14-8-7-13-40(42)32-47-52(65)59-45(50(63)57-43(53(66)67)24-19-34-9-3-1-4-10-34)30-36-17-22-41(23-18-36)68-33-48(61)56-44(31-37-25-27-55-28-26-37)49(62)58-46(51(64)60-47)29-35-15-20-39(21-16-35)38-11-5-2-6-12-38/h1-18,20-23,25-28,43-47H,19,24,29-33H2,(H,56,61)(H,57,63)(H,58,62)(H,59,65)(H,60,64)(H,66,67)/t43-,44+,45+,46-,47+/m1/s1. The summed E-state index contributed by atoms with van der Waals surface area (Å²) in [7, 11) is 0. The lowest BCUT2D eigenvalue weighted by atomic mass is 9.98. The van der Waals surface area contributed by atoms with E-state index in [-0.39, 0.29) is 43.4 Å². The molecule has 2 aliphatic heterocycles. The minimum absolute atomic E-state index is 0.0195. The second kappa shape index (κ2) is 23.3. The van der Waals surface area contributed by atoms with Crippen LogP contribution in [0.3, 0.4) is 0 Å². The van der Waals surface area contributed by atoms with Crippen molar-refractivity contribution in [3.63, 3.8) is 0 Å². The van der Waals surface area contributed by atoms with Gasteiger partial charge in [0.2, 0.25) is 23.6 Å². The number of pyridine rings is 1. The molecule has 0 radical (unpaired) electrons. The predicted molar refractivity (Wildman–Crippen MR) is 251 cm³/mol. The van der Waals surface area contributed by atoms with Crippen LogP contribution in [0, 0.1) is 5.82 Å². The Morgan fingerprint density at radius 2 is 1.19 bits per heavy atom. The number of aromatic nitrogens is 1. The molecule has 14 nitrogen and oxygen atoms in total. The number of hydrogen-bond acceptors (Lipinski definition) is 8. The number of nitrogens with one attached hydrogen (secondary N) is 5. The number of nitrogens with zero attached hydrogens (tertiary/aromatic N) is 1. The van der Waals surface area contributed by atoms with E-state index in [4.69, 9.17) is 4.74 Å². The smallest absolute Gasteiger partial charge is 0.326 e. The maximum Gasteiger partial charge on any atom is 0.326 e. The highest BCUT2D eigenvalue weighted by atomic mass is 19.1. The summed E-state index contributed by atoms with van der Waals surface area (Å²) in [5.74, 6) is -5.51. The Morgan fingerprint density at radius 3 is 1.84 bits per heavy atom. The van der Waals surface area contributed by atoms with E-state index in [1.165, 1.54) is 18.2 Å². The number of carbonyl (C=O) groups excluding carboxylic acids is 5. The first-order valence-electron chi connectivity index (χ1n) is 22.2. The molecule has 0 fully saturated rings. The Balaban J connectivity index is 1.23. The summed E-state index contributed by atoms with van der Waals surface area (Å²) in [4.78, 5) is 87.8. The molecule has 2 aliphatic rings. The van der Waals surface area contributed by atoms with E-state index in [1.54, 1.807) is 54.9 Å². The number of amides is 5. The van der Waals surface area contributed by atoms with Gasteiger partial charge in [-0.1, -0.05) is 115 Å². The molecule has 0 spiro atoms. The maximum absolute atomic E-state index is 15.4. The highest BCUT2D eigenvalue weighted by Gasteiger charge is 2.34. The normalized spacial score (nSPS) is 18.5. The van der Waals surface area contributed by atoms with Crippen molar-refractivity contribution in [3.8, 4) is 16.9 Å². The zero-order valence-electron chi connectivity index (χ0n) is 37.0. The van der Waals surface area contributed by atoms with Gasteiger partial charge in [-0.2, -0.15) is 0 Å². The molecule has 15 heteroatoms. The van der Waals surface area contributed by atoms with E-state index in [0.717, 1.165) is 16.7 Å². The molecule has 2 bridgehead atoms. The molecule has 1 aromatic heterocycles. The number of carbonyl (C=O) groups is 6. The van der Waals surface area contributed by atoms with Crippen molar-refractivity contribution in [2.24, 2.45) is 0 Å². The first-order valence-corrected chi connectivity index (χ1v) is 22.2. The van der Waals surface area contributed by atoms with Crippen LogP contribution in [0.4, 0.5) is 4.39 Å². The van der Waals surface area contributed by atoms with Crippen molar-refractivity contribution in [1.82, 2.24) is 31.6 Å².